The number of hydrogen-bond donors (Lipinski definition) is 1. The summed E-state index contributed by atoms with van der Waals surface area (Å²) in [4.78, 5) is 2.46. The zero-order valence-electron chi connectivity index (χ0n) is 11.2. The molecule has 19 heavy (non-hydrogen) atoms. The second-order valence-corrected chi connectivity index (χ2v) is 6.79. The van der Waals surface area contributed by atoms with Crippen LogP contribution in [0.25, 0.3) is 0 Å². The van der Waals surface area contributed by atoms with E-state index in [0.29, 0.717) is 12.1 Å². The lowest BCUT2D eigenvalue weighted by Crippen LogP contribution is -2.55. The topological polar surface area (TPSA) is 15.3 Å². The Balaban J connectivity index is 1.75. The van der Waals surface area contributed by atoms with Crippen molar-refractivity contribution in [2.45, 2.75) is 38.4 Å². The zero-order chi connectivity index (χ0) is 13.4. The Morgan fingerprint density at radius 3 is 2.89 bits per heavy atom. The molecule has 1 aliphatic heterocycles. The number of benzene rings is 1. The zero-order valence-corrected chi connectivity index (χ0v) is 12.8. The lowest BCUT2D eigenvalue weighted by Gasteiger charge is -2.39. The minimum atomic E-state index is -0.102. The van der Waals surface area contributed by atoms with Gasteiger partial charge in [0, 0.05) is 41.8 Å². The third kappa shape index (κ3) is 3.18. The summed E-state index contributed by atoms with van der Waals surface area (Å²) in [5, 5.41) is 3.55. The van der Waals surface area contributed by atoms with Gasteiger partial charge in [-0.05, 0) is 37.8 Å². The van der Waals surface area contributed by atoms with Crippen molar-refractivity contribution < 1.29 is 4.39 Å². The lowest BCUT2D eigenvalue weighted by atomic mass is 10.0. The Morgan fingerprint density at radius 1 is 1.42 bits per heavy atom. The molecule has 1 aromatic rings. The van der Waals surface area contributed by atoms with Crippen LogP contribution in [0.5, 0.6) is 0 Å². The minimum absolute atomic E-state index is 0.102. The maximum atomic E-state index is 14.0. The Labute approximate surface area is 122 Å². The van der Waals surface area contributed by atoms with E-state index >= 15 is 0 Å². The van der Waals surface area contributed by atoms with Crippen LogP contribution in [-0.4, -0.2) is 30.1 Å². The number of nitrogens with one attached hydrogen (secondary N) is 1. The third-order valence-corrected chi connectivity index (χ3v) is 4.70. The van der Waals surface area contributed by atoms with Gasteiger partial charge in [0.1, 0.15) is 5.82 Å². The summed E-state index contributed by atoms with van der Waals surface area (Å²) in [7, 11) is 0. The number of hydrogen-bond acceptors (Lipinski definition) is 2. The van der Waals surface area contributed by atoms with Crippen molar-refractivity contribution in [1.29, 1.82) is 0 Å². The molecule has 1 saturated carbocycles. The van der Waals surface area contributed by atoms with Gasteiger partial charge < -0.3 is 5.32 Å². The van der Waals surface area contributed by atoms with Crippen molar-refractivity contribution in [3.8, 4) is 0 Å². The fraction of sp³-hybridized carbons (Fsp3) is 0.600. The Bertz CT molecular complexity index is 461. The van der Waals surface area contributed by atoms with Gasteiger partial charge in [0.2, 0.25) is 0 Å². The van der Waals surface area contributed by atoms with Gasteiger partial charge >= 0.3 is 0 Å². The minimum Gasteiger partial charge on any atom is -0.311 e. The second-order valence-electron chi connectivity index (χ2n) is 5.88. The monoisotopic (exact) mass is 326 g/mol. The second kappa shape index (κ2) is 5.51. The van der Waals surface area contributed by atoms with Gasteiger partial charge in [-0.3, -0.25) is 4.90 Å². The molecule has 2 atom stereocenters. The lowest BCUT2D eigenvalue weighted by molar-refractivity contribution is 0.111. The molecule has 0 radical (unpaired) electrons. The van der Waals surface area contributed by atoms with Crippen molar-refractivity contribution in [3.05, 3.63) is 34.1 Å². The molecule has 2 unspecified atom stereocenters. The molecule has 2 aliphatic rings. The average Bonchev–Trinajstić information content (AvgIpc) is 3.17. The molecule has 1 saturated heterocycles. The summed E-state index contributed by atoms with van der Waals surface area (Å²) >= 11 is 3.31. The van der Waals surface area contributed by atoms with Gasteiger partial charge in [0.05, 0.1) is 0 Å². The van der Waals surface area contributed by atoms with Gasteiger partial charge in [-0.15, -0.1) is 0 Å². The van der Waals surface area contributed by atoms with E-state index in [-0.39, 0.29) is 5.82 Å². The number of piperazine rings is 1. The Kier molecular flexibility index (Phi) is 3.92. The predicted molar refractivity (Wildman–Crippen MR) is 78.5 cm³/mol. The number of rotatable bonds is 3. The van der Waals surface area contributed by atoms with Crippen LogP contribution in [0.3, 0.4) is 0 Å². The number of halogens is 2. The first-order chi connectivity index (χ1) is 9.13. The summed E-state index contributed by atoms with van der Waals surface area (Å²) in [5.74, 6) is 0.716. The molecule has 1 heterocycles. The first-order valence-corrected chi connectivity index (χ1v) is 7.84. The van der Waals surface area contributed by atoms with E-state index in [0.717, 1.165) is 35.6 Å². The highest BCUT2D eigenvalue weighted by Crippen LogP contribution is 2.37. The maximum absolute atomic E-state index is 14.0. The van der Waals surface area contributed by atoms with Gasteiger partial charge in [-0.2, -0.15) is 0 Å². The van der Waals surface area contributed by atoms with Crippen molar-refractivity contribution in [2.75, 3.05) is 13.1 Å². The molecular weight excluding hydrogens is 307 g/mol. The molecule has 4 heteroatoms. The SMILES string of the molecule is CC1CN(Cc2ccc(Br)cc2F)C(C2CC2)CN1. The molecular formula is C15H20BrFN2. The van der Waals surface area contributed by atoms with Gasteiger partial charge in [-0.25, -0.2) is 4.39 Å². The molecule has 1 aliphatic carbocycles. The van der Waals surface area contributed by atoms with E-state index < -0.39 is 0 Å². The quantitative estimate of drug-likeness (QED) is 0.917. The molecule has 0 aromatic heterocycles. The van der Waals surface area contributed by atoms with Crippen LogP contribution in [0.15, 0.2) is 22.7 Å². The summed E-state index contributed by atoms with van der Waals surface area (Å²) in [6, 6.07) is 6.46. The highest BCUT2D eigenvalue weighted by molar-refractivity contribution is 9.10. The maximum Gasteiger partial charge on any atom is 0.128 e. The standard InChI is InChI=1S/C15H20BrFN2/c1-10-8-19(15(7-18-10)11-2-3-11)9-12-4-5-13(16)6-14(12)17/h4-6,10-11,15,18H,2-3,7-9H2,1H3. The molecule has 0 amide bonds. The molecule has 0 bridgehead atoms. The van der Waals surface area contributed by atoms with Gasteiger partial charge in [0.15, 0.2) is 0 Å². The van der Waals surface area contributed by atoms with Gasteiger partial charge in [0.25, 0.3) is 0 Å². The molecule has 104 valence electrons. The first-order valence-electron chi connectivity index (χ1n) is 7.05. The predicted octanol–water partition coefficient (Wildman–Crippen LogP) is 3.16. The van der Waals surface area contributed by atoms with Crippen LogP contribution in [0.4, 0.5) is 4.39 Å². The largest absolute Gasteiger partial charge is 0.311 e. The Hall–Kier alpha value is -0.450. The van der Waals surface area contributed by atoms with Crippen LogP contribution < -0.4 is 5.32 Å². The van der Waals surface area contributed by atoms with E-state index in [9.17, 15) is 4.39 Å². The molecule has 1 N–H and O–H groups in total. The smallest absolute Gasteiger partial charge is 0.128 e. The van der Waals surface area contributed by atoms with E-state index in [1.807, 2.05) is 12.1 Å². The van der Waals surface area contributed by atoms with E-state index in [2.05, 4.69) is 33.1 Å². The van der Waals surface area contributed by atoms with E-state index in [4.69, 9.17) is 0 Å². The molecule has 3 rings (SSSR count). The van der Waals surface area contributed by atoms with Crippen LogP contribution in [0, 0.1) is 11.7 Å². The summed E-state index contributed by atoms with van der Waals surface area (Å²) in [6.07, 6.45) is 2.67. The van der Waals surface area contributed by atoms with E-state index in [1.54, 1.807) is 6.07 Å². The number of nitrogens with zero attached hydrogens (tertiary/aromatic N) is 1. The third-order valence-electron chi connectivity index (χ3n) is 4.21. The summed E-state index contributed by atoms with van der Waals surface area (Å²) < 4.78 is 14.8. The Morgan fingerprint density at radius 2 is 2.21 bits per heavy atom. The first kappa shape index (κ1) is 13.5. The van der Waals surface area contributed by atoms with Crippen LogP contribution >= 0.6 is 15.9 Å². The van der Waals surface area contributed by atoms with E-state index in [1.165, 1.54) is 12.8 Å². The molecule has 0 spiro atoms. The highest BCUT2D eigenvalue weighted by atomic mass is 79.9. The fourth-order valence-corrected chi connectivity index (χ4v) is 3.33. The van der Waals surface area contributed by atoms with Crippen LogP contribution in [0.1, 0.15) is 25.3 Å². The van der Waals surface area contributed by atoms with Crippen molar-refractivity contribution in [3.63, 3.8) is 0 Å². The van der Waals surface area contributed by atoms with Crippen molar-refractivity contribution in [1.82, 2.24) is 10.2 Å². The van der Waals surface area contributed by atoms with Crippen LogP contribution in [0.2, 0.25) is 0 Å². The van der Waals surface area contributed by atoms with Gasteiger partial charge in [-0.1, -0.05) is 22.0 Å². The van der Waals surface area contributed by atoms with Crippen molar-refractivity contribution in [2.24, 2.45) is 5.92 Å². The van der Waals surface area contributed by atoms with Crippen LogP contribution in [-0.2, 0) is 6.54 Å². The van der Waals surface area contributed by atoms with Crippen molar-refractivity contribution >= 4 is 15.9 Å². The average molecular weight is 327 g/mol. The molecule has 2 fully saturated rings. The fourth-order valence-electron chi connectivity index (χ4n) is 3.00. The normalized spacial score (nSPS) is 28.6. The highest BCUT2D eigenvalue weighted by Gasteiger charge is 2.38. The summed E-state index contributed by atoms with van der Waals surface area (Å²) in [6.45, 7) is 4.99. The summed E-state index contributed by atoms with van der Waals surface area (Å²) in [5.41, 5.74) is 0.808. The molecule has 1 aromatic carbocycles. The molecule has 2 nitrogen and oxygen atoms in total.